The first-order valence-corrected chi connectivity index (χ1v) is 5.82. The first kappa shape index (κ1) is 14.2. The molecule has 1 aromatic carbocycles. The Kier molecular flexibility index (Phi) is 4.90. The summed E-state index contributed by atoms with van der Waals surface area (Å²) in [7, 11) is 0. The molecule has 5 heteroatoms. The Balaban J connectivity index is 3.11. The average Bonchev–Trinajstić information content (AvgIpc) is 2.30. The number of nitrogen functional groups attached to an aromatic ring is 1. The maximum absolute atomic E-state index is 13.8. The summed E-state index contributed by atoms with van der Waals surface area (Å²) in [6.45, 7) is 4.78. The van der Waals surface area contributed by atoms with Gasteiger partial charge in [0.1, 0.15) is 0 Å². The van der Waals surface area contributed by atoms with Gasteiger partial charge in [0.05, 0.1) is 23.9 Å². The molecule has 0 atom stereocenters. The molecule has 2 N–H and O–H groups in total. The van der Waals surface area contributed by atoms with Crippen LogP contribution >= 0.6 is 0 Å². The van der Waals surface area contributed by atoms with E-state index in [1.54, 1.807) is 4.90 Å². The van der Waals surface area contributed by atoms with Gasteiger partial charge in [0.25, 0.3) is 0 Å². The van der Waals surface area contributed by atoms with Crippen LogP contribution in [0, 0.1) is 28.9 Å². The SMILES string of the molecule is CC(C)CN(CCC#N)c1c(N)ccc(F)c1F. The van der Waals surface area contributed by atoms with Crippen molar-refractivity contribution in [2.75, 3.05) is 23.7 Å². The van der Waals surface area contributed by atoms with Gasteiger partial charge in [0.2, 0.25) is 0 Å². The highest BCUT2D eigenvalue weighted by molar-refractivity contribution is 5.68. The normalized spacial score (nSPS) is 10.4. The fourth-order valence-corrected chi connectivity index (χ4v) is 1.80. The van der Waals surface area contributed by atoms with E-state index >= 15 is 0 Å². The van der Waals surface area contributed by atoms with Gasteiger partial charge in [0.15, 0.2) is 11.6 Å². The minimum absolute atomic E-state index is 0.0546. The molecule has 0 heterocycles. The summed E-state index contributed by atoms with van der Waals surface area (Å²) in [5.41, 5.74) is 5.95. The zero-order chi connectivity index (χ0) is 13.7. The molecular formula is C13H17F2N3. The van der Waals surface area contributed by atoms with Crippen molar-refractivity contribution < 1.29 is 8.78 Å². The lowest BCUT2D eigenvalue weighted by atomic mass is 10.1. The van der Waals surface area contributed by atoms with Crippen LogP contribution in [-0.4, -0.2) is 13.1 Å². The molecule has 0 amide bonds. The van der Waals surface area contributed by atoms with E-state index in [-0.39, 0.29) is 23.7 Å². The van der Waals surface area contributed by atoms with E-state index in [0.29, 0.717) is 13.1 Å². The van der Waals surface area contributed by atoms with Crippen LogP contribution in [0.5, 0.6) is 0 Å². The third kappa shape index (κ3) is 3.33. The van der Waals surface area contributed by atoms with E-state index < -0.39 is 11.6 Å². The molecular weight excluding hydrogens is 236 g/mol. The molecule has 0 aliphatic rings. The molecule has 3 nitrogen and oxygen atoms in total. The first-order chi connectivity index (χ1) is 8.47. The van der Waals surface area contributed by atoms with Crippen LogP contribution in [0.15, 0.2) is 12.1 Å². The molecule has 1 rings (SSSR count). The standard InChI is InChI=1S/C13H17F2N3/c1-9(2)8-18(7-3-6-16)13-11(17)5-4-10(14)12(13)15/h4-5,9H,3,7-8,17H2,1-2H3. The molecule has 0 aliphatic heterocycles. The van der Waals surface area contributed by atoms with Crippen molar-refractivity contribution in [3.8, 4) is 6.07 Å². The molecule has 0 saturated carbocycles. The van der Waals surface area contributed by atoms with Gasteiger partial charge < -0.3 is 10.6 Å². The molecule has 0 fully saturated rings. The third-order valence-electron chi connectivity index (χ3n) is 2.50. The number of nitriles is 1. The second-order valence-corrected chi connectivity index (χ2v) is 4.55. The Bertz CT molecular complexity index is 452. The number of benzene rings is 1. The monoisotopic (exact) mass is 253 g/mol. The predicted molar refractivity (Wildman–Crippen MR) is 68.1 cm³/mol. The quantitative estimate of drug-likeness (QED) is 0.821. The second kappa shape index (κ2) is 6.20. The second-order valence-electron chi connectivity index (χ2n) is 4.55. The van der Waals surface area contributed by atoms with Crippen molar-refractivity contribution in [1.29, 1.82) is 5.26 Å². The lowest BCUT2D eigenvalue weighted by Gasteiger charge is -2.27. The average molecular weight is 253 g/mol. The topological polar surface area (TPSA) is 53.0 Å². The molecule has 0 bridgehead atoms. The third-order valence-corrected chi connectivity index (χ3v) is 2.50. The van der Waals surface area contributed by atoms with Crippen LogP contribution in [0.2, 0.25) is 0 Å². The Morgan fingerprint density at radius 2 is 2.06 bits per heavy atom. The van der Waals surface area contributed by atoms with Gasteiger partial charge in [-0.15, -0.1) is 0 Å². The highest BCUT2D eigenvalue weighted by Gasteiger charge is 2.19. The minimum Gasteiger partial charge on any atom is -0.397 e. The van der Waals surface area contributed by atoms with Gasteiger partial charge in [0, 0.05) is 13.1 Å². The van der Waals surface area contributed by atoms with Crippen LogP contribution in [0.4, 0.5) is 20.2 Å². The predicted octanol–water partition coefficient (Wildman–Crippen LogP) is 2.92. The van der Waals surface area contributed by atoms with Gasteiger partial charge in [-0.2, -0.15) is 5.26 Å². The summed E-state index contributed by atoms with van der Waals surface area (Å²) in [5.74, 6) is -1.62. The van der Waals surface area contributed by atoms with E-state index in [1.165, 1.54) is 6.07 Å². The van der Waals surface area contributed by atoms with Crippen molar-refractivity contribution in [2.24, 2.45) is 5.92 Å². The summed E-state index contributed by atoms with van der Waals surface area (Å²) < 4.78 is 27.1. The van der Waals surface area contributed by atoms with Crippen molar-refractivity contribution in [3.05, 3.63) is 23.8 Å². The van der Waals surface area contributed by atoms with Crippen molar-refractivity contribution in [1.82, 2.24) is 0 Å². The molecule has 0 aliphatic carbocycles. The Morgan fingerprint density at radius 3 is 2.61 bits per heavy atom. The Labute approximate surface area is 106 Å². The molecule has 0 saturated heterocycles. The van der Waals surface area contributed by atoms with Gasteiger partial charge >= 0.3 is 0 Å². The van der Waals surface area contributed by atoms with E-state index in [1.807, 2.05) is 19.9 Å². The summed E-state index contributed by atoms with van der Waals surface area (Å²) in [5, 5.41) is 8.61. The van der Waals surface area contributed by atoms with Crippen LogP contribution in [0.3, 0.4) is 0 Å². The number of hydrogen-bond donors (Lipinski definition) is 1. The fourth-order valence-electron chi connectivity index (χ4n) is 1.80. The Morgan fingerprint density at radius 1 is 1.39 bits per heavy atom. The highest BCUT2D eigenvalue weighted by Crippen LogP contribution is 2.29. The molecule has 0 aromatic heterocycles. The summed E-state index contributed by atoms with van der Waals surface area (Å²) in [6.07, 6.45) is 0.238. The number of rotatable bonds is 5. The largest absolute Gasteiger partial charge is 0.397 e. The van der Waals surface area contributed by atoms with Crippen molar-refractivity contribution in [3.63, 3.8) is 0 Å². The van der Waals surface area contributed by atoms with Gasteiger partial charge in [-0.25, -0.2) is 8.78 Å². The minimum atomic E-state index is -0.950. The fraction of sp³-hybridized carbons (Fsp3) is 0.462. The first-order valence-electron chi connectivity index (χ1n) is 5.82. The van der Waals surface area contributed by atoms with E-state index in [4.69, 9.17) is 11.0 Å². The number of halogens is 2. The van der Waals surface area contributed by atoms with Crippen molar-refractivity contribution >= 4 is 11.4 Å². The number of hydrogen-bond acceptors (Lipinski definition) is 3. The summed E-state index contributed by atoms with van der Waals surface area (Å²) in [6, 6.07) is 4.34. The number of anilines is 2. The van der Waals surface area contributed by atoms with Crippen LogP contribution in [0.25, 0.3) is 0 Å². The molecule has 1 aromatic rings. The lowest BCUT2D eigenvalue weighted by molar-refractivity contribution is 0.502. The zero-order valence-corrected chi connectivity index (χ0v) is 10.6. The number of nitrogens with two attached hydrogens (primary N) is 1. The van der Waals surface area contributed by atoms with Crippen LogP contribution < -0.4 is 10.6 Å². The zero-order valence-electron chi connectivity index (χ0n) is 10.6. The molecule has 0 radical (unpaired) electrons. The highest BCUT2D eigenvalue weighted by atomic mass is 19.2. The van der Waals surface area contributed by atoms with Crippen LogP contribution in [-0.2, 0) is 0 Å². The summed E-state index contributed by atoms with van der Waals surface area (Å²) >= 11 is 0. The summed E-state index contributed by atoms with van der Waals surface area (Å²) in [4.78, 5) is 1.63. The molecule has 0 spiro atoms. The van der Waals surface area contributed by atoms with Gasteiger partial charge in [-0.3, -0.25) is 0 Å². The molecule has 0 unspecified atom stereocenters. The Hall–Kier alpha value is -1.83. The molecule has 98 valence electrons. The molecule has 18 heavy (non-hydrogen) atoms. The maximum atomic E-state index is 13.8. The maximum Gasteiger partial charge on any atom is 0.184 e. The van der Waals surface area contributed by atoms with E-state index in [2.05, 4.69) is 0 Å². The van der Waals surface area contributed by atoms with Crippen LogP contribution in [0.1, 0.15) is 20.3 Å². The smallest absolute Gasteiger partial charge is 0.184 e. The van der Waals surface area contributed by atoms with E-state index in [0.717, 1.165) is 6.07 Å². The van der Waals surface area contributed by atoms with Gasteiger partial charge in [-0.1, -0.05) is 13.8 Å². The number of nitrogens with zero attached hydrogens (tertiary/aromatic N) is 2. The lowest BCUT2D eigenvalue weighted by Crippen LogP contribution is -2.30. The van der Waals surface area contributed by atoms with E-state index in [9.17, 15) is 8.78 Å². The van der Waals surface area contributed by atoms with Gasteiger partial charge in [-0.05, 0) is 18.1 Å². The van der Waals surface area contributed by atoms with Crippen molar-refractivity contribution in [2.45, 2.75) is 20.3 Å².